The van der Waals surface area contributed by atoms with Crippen molar-refractivity contribution in [1.82, 2.24) is 10.1 Å². The van der Waals surface area contributed by atoms with E-state index in [1.165, 1.54) is 6.92 Å². The number of rotatable bonds is 4. The summed E-state index contributed by atoms with van der Waals surface area (Å²) in [7, 11) is 0. The van der Waals surface area contributed by atoms with Crippen LogP contribution in [0.4, 0.5) is 13.2 Å². The summed E-state index contributed by atoms with van der Waals surface area (Å²) >= 11 is 0. The number of nitrogens with zero attached hydrogens (tertiary/aromatic N) is 2. The second kappa shape index (κ2) is 4.41. The minimum Gasteiger partial charge on any atom is -0.339 e. The van der Waals surface area contributed by atoms with Crippen LogP contribution in [0.2, 0.25) is 0 Å². The van der Waals surface area contributed by atoms with Gasteiger partial charge in [-0.05, 0) is 6.92 Å². The molecule has 1 rings (SSSR count). The highest BCUT2D eigenvalue weighted by atomic mass is 19.4. The SMILES string of the molecule is CC(=O)CCc1nc(CC(F)(F)F)no1. The van der Waals surface area contributed by atoms with E-state index in [1.54, 1.807) is 0 Å². The zero-order valence-electron chi connectivity index (χ0n) is 7.97. The van der Waals surface area contributed by atoms with Crippen molar-refractivity contribution in [3.8, 4) is 0 Å². The molecule has 1 aromatic rings. The van der Waals surface area contributed by atoms with Crippen molar-refractivity contribution < 1.29 is 22.5 Å². The van der Waals surface area contributed by atoms with E-state index >= 15 is 0 Å². The number of Topliss-reactive ketones (excluding diaryl/α,β-unsaturated/α-hetero) is 1. The number of carbonyl (C=O) groups excluding carboxylic acids is 1. The molecule has 84 valence electrons. The van der Waals surface area contributed by atoms with Crippen molar-refractivity contribution in [2.45, 2.75) is 32.4 Å². The molecule has 0 amide bonds. The Morgan fingerprint density at radius 1 is 1.47 bits per heavy atom. The largest absolute Gasteiger partial charge is 0.396 e. The Hall–Kier alpha value is -1.40. The van der Waals surface area contributed by atoms with Gasteiger partial charge >= 0.3 is 6.18 Å². The van der Waals surface area contributed by atoms with Crippen molar-refractivity contribution in [2.24, 2.45) is 0 Å². The molecule has 1 aromatic heterocycles. The quantitative estimate of drug-likeness (QED) is 0.777. The van der Waals surface area contributed by atoms with Crippen LogP contribution in [0.1, 0.15) is 25.1 Å². The maximum absolute atomic E-state index is 11.9. The molecule has 0 aliphatic carbocycles. The first-order valence-electron chi connectivity index (χ1n) is 4.24. The second-order valence-corrected chi connectivity index (χ2v) is 3.10. The maximum Gasteiger partial charge on any atom is 0.396 e. The normalized spacial score (nSPS) is 11.7. The van der Waals surface area contributed by atoms with Gasteiger partial charge in [-0.3, -0.25) is 0 Å². The lowest BCUT2D eigenvalue weighted by atomic mass is 10.2. The number of hydrogen-bond acceptors (Lipinski definition) is 4. The highest BCUT2D eigenvalue weighted by molar-refractivity contribution is 5.75. The van der Waals surface area contributed by atoms with Crippen LogP contribution in [-0.4, -0.2) is 22.1 Å². The van der Waals surface area contributed by atoms with E-state index in [1.807, 2.05) is 0 Å². The highest BCUT2D eigenvalue weighted by Crippen LogP contribution is 2.19. The lowest BCUT2D eigenvalue weighted by Gasteiger charge is -1.99. The summed E-state index contributed by atoms with van der Waals surface area (Å²) < 4.78 is 40.2. The Morgan fingerprint density at radius 3 is 2.67 bits per heavy atom. The predicted octanol–water partition coefficient (Wildman–Crippen LogP) is 1.70. The molecule has 0 N–H and O–H groups in total. The van der Waals surface area contributed by atoms with Gasteiger partial charge in [0.1, 0.15) is 12.2 Å². The van der Waals surface area contributed by atoms with Crippen LogP contribution in [0, 0.1) is 0 Å². The first kappa shape index (κ1) is 11.7. The fourth-order valence-corrected chi connectivity index (χ4v) is 0.926. The van der Waals surface area contributed by atoms with Gasteiger partial charge in [-0.2, -0.15) is 18.2 Å². The molecule has 0 radical (unpaired) electrons. The molecular formula is C8H9F3N2O2. The third kappa shape index (κ3) is 4.57. The molecule has 0 atom stereocenters. The fourth-order valence-electron chi connectivity index (χ4n) is 0.926. The summed E-state index contributed by atoms with van der Waals surface area (Å²) in [6.45, 7) is 1.38. The third-order valence-corrected chi connectivity index (χ3v) is 1.56. The minimum absolute atomic E-state index is 0.0597. The van der Waals surface area contributed by atoms with E-state index in [9.17, 15) is 18.0 Å². The summed E-state index contributed by atoms with van der Waals surface area (Å²) in [6.07, 6.45) is -5.19. The molecule has 0 aliphatic rings. The molecule has 0 fully saturated rings. The van der Waals surface area contributed by atoms with Gasteiger partial charge in [0.15, 0.2) is 5.82 Å². The van der Waals surface area contributed by atoms with Crippen LogP contribution in [0.5, 0.6) is 0 Å². The number of aromatic nitrogens is 2. The van der Waals surface area contributed by atoms with E-state index in [4.69, 9.17) is 0 Å². The number of aryl methyl sites for hydroxylation is 1. The van der Waals surface area contributed by atoms with Crippen LogP contribution in [0.15, 0.2) is 4.52 Å². The second-order valence-electron chi connectivity index (χ2n) is 3.10. The average molecular weight is 222 g/mol. The summed E-state index contributed by atoms with van der Waals surface area (Å²) in [5, 5.41) is 3.16. The predicted molar refractivity (Wildman–Crippen MR) is 43.1 cm³/mol. The van der Waals surface area contributed by atoms with Gasteiger partial charge in [0.25, 0.3) is 0 Å². The van der Waals surface area contributed by atoms with E-state index in [-0.39, 0.29) is 24.5 Å². The van der Waals surface area contributed by atoms with Crippen molar-refractivity contribution >= 4 is 5.78 Å². The molecular weight excluding hydrogens is 213 g/mol. The van der Waals surface area contributed by atoms with Crippen LogP contribution >= 0.6 is 0 Å². The monoisotopic (exact) mass is 222 g/mol. The lowest BCUT2D eigenvalue weighted by Crippen LogP contribution is -2.12. The lowest BCUT2D eigenvalue weighted by molar-refractivity contribution is -0.128. The fraction of sp³-hybridized carbons (Fsp3) is 0.625. The first-order valence-corrected chi connectivity index (χ1v) is 4.24. The van der Waals surface area contributed by atoms with E-state index in [2.05, 4.69) is 14.7 Å². The molecule has 0 saturated heterocycles. The van der Waals surface area contributed by atoms with Gasteiger partial charge in [0.05, 0.1) is 0 Å². The van der Waals surface area contributed by atoms with Gasteiger partial charge in [0.2, 0.25) is 5.89 Å². The van der Waals surface area contributed by atoms with E-state index in [0.717, 1.165) is 0 Å². The number of ketones is 1. The number of hydrogen-bond donors (Lipinski definition) is 0. The van der Waals surface area contributed by atoms with Crippen molar-refractivity contribution in [1.29, 1.82) is 0 Å². The Labute approximate surface area is 83.5 Å². The molecule has 15 heavy (non-hydrogen) atoms. The van der Waals surface area contributed by atoms with Gasteiger partial charge in [0, 0.05) is 12.8 Å². The van der Waals surface area contributed by atoms with Crippen molar-refractivity contribution in [3.63, 3.8) is 0 Å². The molecule has 0 aromatic carbocycles. The Bertz CT molecular complexity index is 346. The molecule has 1 heterocycles. The van der Waals surface area contributed by atoms with E-state index in [0.29, 0.717) is 0 Å². The van der Waals surface area contributed by atoms with Crippen molar-refractivity contribution in [2.75, 3.05) is 0 Å². The average Bonchev–Trinajstić information content (AvgIpc) is 2.45. The molecule has 0 bridgehead atoms. The Kier molecular flexibility index (Phi) is 3.43. The summed E-state index contributed by atoms with van der Waals surface area (Å²) in [5.74, 6) is -0.420. The Morgan fingerprint density at radius 2 is 2.13 bits per heavy atom. The minimum atomic E-state index is -4.35. The van der Waals surface area contributed by atoms with Gasteiger partial charge in [-0.25, -0.2) is 0 Å². The topological polar surface area (TPSA) is 56.0 Å². The summed E-state index contributed by atoms with van der Waals surface area (Å²) in [6, 6.07) is 0. The van der Waals surface area contributed by atoms with Gasteiger partial charge < -0.3 is 9.32 Å². The van der Waals surface area contributed by atoms with Crippen LogP contribution < -0.4 is 0 Å². The Balaban J connectivity index is 2.53. The molecule has 0 saturated carbocycles. The van der Waals surface area contributed by atoms with Crippen LogP contribution in [0.3, 0.4) is 0 Å². The molecule has 0 aliphatic heterocycles. The number of alkyl halides is 3. The van der Waals surface area contributed by atoms with Crippen LogP contribution in [0.25, 0.3) is 0 Å². The first-order chi connectivity index (χ1) is 6.87. The van der Waals surface area contributed by atoms with E-state index < -0.39 is 18.4 Å². The number of halogens is 3. The van der Waals surface area contributed by atoms with Crippen LogP contribution in [-0.2, 0) is 17.6 Å². The molecule has 7 heteroatoms. The smallest absolute Gasteiger partial charge is 0.339 e. The highest BCUT2D eigenvalue weighted by Gasteiger charge is 2.30. The third-order valence-electron chi connectivity index (χ3n) is 1.56. The van der Waals surface area contributed by atoms with Gasteiger partial charge in [-0.15, -0.1) is 0 Å². The van der Waals surface area contributed by atoms with Gasteiger partial charge in [-0.1, -0.05) is 5.16 Å². The molecule has 0 spiro atoms. The van der Waals surface area contributed by atoms with Crippen molar-refractivity contribution in [3.05, 3.63) is 11.7 Å². The standard InChI is InChI=1S/C8H9F3N2O2/c1-5(14)2-3-7-12-6(13-15-7)4-8(9,10)11/h2-4H2,1H3. The zero-order chi connectivity index (χ0) is 11.5. The summed E-state index contributed by atoms with van der Waals surface area (Å²) in [5.41, 5.74) is 0. The molecule has 4 nitrogen and oxygen atoms in total. The molecule has 0 unspecified atom stereocenters. The zero-order valence-corrected chi connectivity index (χ0v) is 7.97. The maximum atomic E-state index is 11.9. The number of carbonyl (C=O) groups is 1. The summed E-state index contributed by atoms with van der Waals surface area (Å²) in [4.78, 5) is 14.1.